The summed E-state index contributed by atoms with van der Waals surface area (Å²) in [5.74, 6) is 0. The molecule has 0 aromatic heterocycles. The second-order valence-electron chi connectivity index (χ2n) is 2.82. The average Bonchev–Trinajstić information content (AvgIpc) is 1.88. The van der Waals surface area contributed by atoms with Crippen LogP contribution in [0.3, 0.4) is 0 Å². The van der Waals surface area contributed by atoms with Gasteiger partial charge < -0.3 is 0 Å². The molecule has 0 amide bonds. The Morgan fingerprint density at radius 1 is 1.50 bits per heavy atom. The summed E-state index contributed by atoms with van der Waals surface area (Å²) in [5.41, 5.74) is 0. The molecule has 0 aromatic rings. The summed E-state index contributed by atoms with van der Waals surface area (Å²) >= 11 is 0. The molecule has 0 bridgehead atoms. The average molecular weight is 162 g/mol. The molecule has 3 heteroatoms. The molecule has 0 fully saturated rings. The molecule has 0 aromatic carbocycles. The van der Waals surface area contributed by atoms with Gasteiger partial charge in [0.05, 0.1) is 4.75 Å². The zero-order chi connectivity index (χ0) is 8.41. The van der Waals surface area contributed by atoms with E-state index in [1.165, 1.54) is 0 Å². The van der Waals surface area contributed by atoms with Crippen LogP contribution >= 0.6 is 0 Å². The van der Waals surface area contributed by atoms with Crippen LogP contribution in [0.25, 0.3) is 0 Å². The van der Waals surface area contributed by atoms with Crippen molar-refractivity contribution >= 4 is 9.84 Å². The van der Waals surface area contributed by atoms with Gasteiger partial charge in [-0.3, -0.25) is 0 Å². The maximum Gasteiger partial charge on any atom is 0.176 e. The van der Waals surface area contributed by atoms with Crippen molar-refractivity contribution in [3.05, 3.63) is 12.0 Å². The van der Waals surface area contributed by atoms with Gasteiger partial charge in [0.2, 0.25) is 0 Å². The summed E-state index contributed by atoms with van der Waals surface area (Å²) in [5, 5.41) is 1.02. The normalized spacial score (nSPS) is 13.1. The highest BCUT2D eigenvalue weighted by molar-refractivity contribution is 7.95. The zero-order valence-corrected chi connectivity index (χ0v) is 7.53. The Morgan fingerprint density at radius 3 is 2.00 bits per heavy atom. The van der Waals surface area contributed by atoms with Gasteiger partial charge in [0.15, 0.2) is 9.84 Å². The molecular weight excluding hydrogens is 148 g/mol. The summed E-state index contributed by atoms with van der Waals surface area (Å²) in [6.45, 7) is 8.50. The summed E-state index contributed by atoms with van der Waals surface area (Å²) in [6.07, 6.45) is 0.612. The van der Waals surface area contributed by atoms with Gasteiger partial charge in [-0.2, -0.15) is 0 Å². The molecule has 0 saturated carbocycles. The summed E-state index contributed by atoms with van der Waals surface area (Å²) in [7, 11) is -3.08. The lowest BCUT2D eigenvalue weighted by Gasteiger charge is -2.19. The first-order valence-corrected chi connectivity index (χ1v) is 4.79. The van der Waals surface area contributed by atoms with E-state index < -0.39 is 14.6 Å². The molecule has 0 aliphatic heterocycles. The molecule has 0 N–H and O–H groups in total. The smallest absolute Gasteiger partial charge is 0.176 e. The van der Waals surface area contributed by atoms with Gasteiger partial charge in [-0.1, -0.05) is 13.5 Å². The third kappa shape index (κ3) is 1.59. The fourth-order valence-electron chi connectivity index (χ4n) is 0.427. The predicted octanol–water partition coefficient (Wildman–Crippen LogP) is 1.73. The van der Waals surface area contributed by atoms with E-state index in [0.717, 1.165) is 5.41 Å². The quantitative estimate of drug-likeness (QED) is 0.633. The van der Waals surface area contributed by atoms with Crippen molar-refractivity contribution in [1.29, 1.82) is 0 Å². The van der Waals surface area contributed by atoms with Crippen LogP contribution in [0, 0.1) is 0 Å². The van der Waals surface area contributed by atoms with Gasteiger partial charge in [-0.25, -0.2) is 8.42 Å². The van der Waals surface area contributed by atoms with Crippen molar-refractivity contribution in [2.45, 2.75) is 31.9 Å². The molecule has 0 atom stereocenters. The van der Waals surface area contributed by atoms with E-state index in [0.29, 0.717) is 6.42 Å². The Morgan fingerprint density at radius 2 is 1.90 bits per heavy atom. The van der Waals surface area contributed by atoms with Crippen molar-refractivity contribution in [3.63, 3.8) is 0 Å². The monoisotopic (exact) mass is 162 g/mol. The predicted molar refractivity (Wildman–Crippen MR) is 43.5 cm³/mol. The minimum atomic E-state index is -3.08. The van der Waals surface area contributed by atoms with E-state index in [1.807, 2.05) is 6.92 Å². The second kappa shape index (κ2) is 2.74. The minimum absolute atomic E-state index is 0.612. The molecule has 60 valence electrons. The fourth-order valence-corrected chi connectivity index (χ4v) is 1.28. The van der Waals surface area contributed by atoms with E-state index in [1.54, 1.807) is 13.8 Å². The second-order valence-corrected chi connectivity index (χ2v) is 5.35. The van der Waals surface area contributed by atoms with E-state index >= 15 is 0 Å². The van der Waals surface area contributed by atoms with Crippen LogP contribution in [-0.4, -0.2) is 13.2 Å². The van der Waals surface area contributed by atoms with Gasteiger partial charge in [0.25, 0.3) is 0 Å². The third-order valence-electron chi connectivity index (χ3n) is 1.84. The SMILES string of the molecule is C=CS(=O)(=O)C(C)(C)CC. The molecule has 0 radical (unpaired) electrons. The van der Waals surface area contributed by atoms with Crippen molar-refractivity contribution in [1.82, 2.24) is 0 Å². The lowest BCUT2D eigenvalue weighted by atomic mass is 10.1. The van der Waals surface area contributed by atoms with Crippen molar-refractivity contribution < 1.29 is 8.42 Å². The Labute approximate surface area is 62.9 Å². The molecule has 0 aliphatic carbocycles. The third-order valence-corrected chi connectivity index (χ3v) is 4.11. The first-order valence-electron chi connectivity index (χ1n) is 3.24. The molecule has 0 spiro atoms. The highest BCUT2D eigenvalue weighted by Gasteiger charge is 2.28. The number of rotatable bonds is 3. The Balaban J connectivity index is 4.81. The molecule has 0 heterocycles. The Bertz CT molecular complexity index is 212. The van der Waals surface area contributed by atoms with Crippen LogP contribution in [0.15, 0.2) is 12.0 Å². The van der Waals surface area contributed by atoms with Crippen molar-refractivity contribution in [2.75, 3.05) is 0 Å². The molecule has 10 heavy (non-hydrogen) atoms. The van der Waals surface area contributed by atoms with Crippen LogP contribution in [-0.2, 0) is 9.84 Å². The highest BCUT2D eigenvalue weighted by atomic mass is 32.2. The van der Waals surface area contributed by atoms with Crippen LogP contribution in [0.4, 0.5) is 0 Å². The molecule has 0 saturated heterocycles. The van der Waals surface area contributed by atoms with Crippen LogP contribution in [0.2, 0.25) is 0 Å². The number of hydrogen-bond acceptors (Lipinski definition) is 2. The van der Waals surface area contributed by atoms with Crippen molar-refractivity contribution in [2.24, 2.45) is 0 Å². The molecule has 0 rings (SSSR count). The highest BCUT2D eigenvalue weighted by Crippen LogP contribution is 2.21. The van der Waals surface area contributed by atoms with Crippen LogP contribution < -0.4 is 0 Å². The largest absolute Gasteiger partial charge is 0.224 e. The van der Waals surface area contributed by atoms with Crippen LogP contribution in [0.1, 0.15) is 27.2 Å². The van der Waals surface area contributed by atoms with E-state index in [-0.39, 0.29) is 0 Å². The van der Waals surface area contributed by atoms with Gasteiger partial charge in [0, 0.05) is 5.41 Å². The maximum atomic E-state index is 11.1. The number of sulfone groups is 1. The summed E-state index contributed by atoms with van der Waals surface area (Å²) in [6, 6.07) is 0. The Kier molecular flexibility index (Phi) is 2.66. The lowest BCUT2D eigenvalue weighted by molar-refractivity contribution is 0.548. The van der Waals surface area contributed by atoms with E-state index in [4.69, 9.17) is 0 Å². The zero-order valence-electron chi connectivity index (χ0n) is 6.72. The molecule has 0 unspecified atom stereocenters. The van der Waals surface area contributed by atoms with Gasteiger partial charge in [-0.05, 0) is 20.3 Å². The van der Waals surface area contributed by atoms with Gasteiger partial charge in [0.1, 0.15) is 0 Å². The topological polar surface area (TPSA) is 34.1 Å². The van der Waals surface area contributed by atoms with Gasteiger partial charge in [-0.15, -0.1) is 0 Å². The number of hydrogen-bond donors (Lipinski definition) is 0. The lowest BCUT2D eigenvalue weighted by Crippen LogP contribution is -2.28. The molecular formula is C7H14O2S. The van der Waals surface area contributed by atoms with E-state index in [2.05, 4.69) is 6.58 Å². The van der Waals surface area contributed by atoms with Crippen molar-refractivity contribution in [3.8, 4) is 0 Å². The summed E-state index contributed by atoms with van der Waals surface area (Å²) in [4.78, 5) is 0. The van der Waals surface area contributed by atoms with Gasteiger partial charge >= 0.3 is 0 Å². The first kappa shape index (κ1) is 9.69. The molecule has 0 aliphatic rings. The standard InChI is InChI=1S/C7H14O2S/c1-5-7(3,4)10(8,9)6-2/h6H,2,5H2,1,3-4H3. The van der Waals surface area contributed by atoms with E-state index in [9.17, 15) is 8.42 Å². The fraction of sp³-hybridized carbons (Fsp3) is 0.714. The summed E-state index contributed by atoms with van der Waals surface area (Å²) < 4.78 is 21.6. The van der Waals surface area contributed by atoms with Crippen LogP contribution in [0.5, 0.6) is 0 Å². The minimum Gasteiger partial charge on any atom is -0.224 e. The Hall–Kier alpha value is -0.310. The molecule has 2 nitrogen and oxygen atoms in total. The maximum absolute atomic E-state index is 11.1. The first-order chi connectivity index (χ1) is 4.37.